The molecule has 1 aromatic heterocycles. The van der Waals surface area contributed by atoms with Crippen molar-refractivity contribution in [2.75, 3.05) is 13.7 Å². The van der Waals surface area contributed by atoms with E-state index in [0.29, 0.717) is 35.7 Å². The molecular formula is C29H27FN2O7. The molecule has 2 heterocycles. The number of hydrogen-bond donors (Lipinski definition) is 1. The van der Waals surface area contributed by atoms with Crippen molar-refractivity contribution < 1.29 is 37.4 Å². The Labute approximate surface area is 224 Å². The van der Waals surface area contributed by atoms with Gasteiger partial charge in [0.1, 0.15) is 23.9 Å². The van der Waals surface area contributed by atoms with E-state index in [9.17, 15) is 18.8 Å². The molecule has 202 valence electrons. The van der Waals surface area contributed by atoms with Crippen LogP contribution in [0.4, 0.5) is 9.18 Å². The van der Waals surface area contributed by atoms with Gasteiger partial charge in [0.2, 0.25) is 5.76 Å². The minimum Gasteiger partial charge on any atom is -0.490 e. The summed E-state index contributed by atoms with van der Waals surface area (Å²) in [7, 11) is 1.22. The standard InChI is InChI=1S/C29H27FN2O7/c1-4-7-20-12-19(15-25(37-5-2)26(20)38-17-18-8-6-9-21(30)13-18)14-23-27(33)32(29(35)31-23)16-22-10-11-24(39-22)28(34)36-3/h4,6,8-15H,1,5,7,16-17H2,2-3H3,(H,31,35)/b23-14-. The number of esters is 1. The van der Waals surface area contributed by atoms with Gasteiger partial charge in [0.15, 0.2) is 11.5 Å². The molecule has 2 aromatic carbocycles. The van der Waals surface area contributed by atoms with Gasteiger partial charge in [0, 0.05) is 5.56 Å². The molecule has 0 saturated carbocycles. The second-order valence-corrected chi connectivity index (χ2v) is 8.49. The normalized spacial score (nSPS) is 13.9. The van der Waals surface area contributed by atoms with E-state index >= 15 is 0 Å². The van der Waals surface area contributed by atoms with Crippen LogP contribution in [-0.2, 0) is 29.1 Å². The summed E-state index contributed by atoms with van der Waals surface area (Å²) in [5, 5.41) is 2.57. The summed E-state index contributed by atoms with van der Waals surface area (Å²) in [5.41, 5.74) is 2.03. The molecule has 1 aliphatic rings. The van der Waals surface area contributed by atoms with Crippen molar-refractivity contribution in [3.63, 3.8) is 0 Å². The van der Waals surface area contributed by atoms with Crippen molar-refractivity contribution in [3.05, 3.63) is 101 Å². The highest BCUT2D eigenvalue weighted by molar-refractivity contribution is 6.13. The summed E-state index contributed by atoms with van der Waals surface area (Å²) in [4.78, 5) is 38.2. The van der Waals surface area contributed by atoms with Gasteiger partial charge in [-0.25, -0.2) is 14.0 Å². The molecule has 9 nitrogen and oxygen atoms in total. The van der Waals surface area contributed by atoms with Crippen LogP contribution in [0.15, 0.2) is 71.3 Å². The lowest BCUT2D eigenvalue weighted by Gasteiger charge is -2.17. The molecule has 10 heteroatoms. The summed E-state index contributed by atoms with van der Waals surface area (Å²) >= 11 is 0. The van der Waals surface area contributed by atoms with Gasteiger partial charge < -0.3 is 23.9 Å². The number of methoxy groups -OCH3 is 1. The molecule has 0 unspecified atom stereocenters. The molecule has 4 rings (SSSR count). The molecule has 3 aromatic rings. The Morgan fingerprint density at radius 2 is 1.97 bits per heavy atom. The summed E-state index contributed by atoms with van der Waals surface area (Å²) < 4.78 is 35.5. The minimum atomic E-state index is -0.664. The Bertz CT molecular complexity index is 1440. The van der Waals surface area contributed by atoms with Gasteiger partial charge in [0.25, 0.3) is 5.91 Å². The fraction of sp³-hybridized carbons (Fsp3) is 0.207. The second-order valence-electron chi connectivity index (χ2n) is 8.49. The summed E-state index contributed by atoms with van der Waals surface area (Å²) in [5.74, 6) is -0.471. The number of halogens is 1. The minimum absolute atomic E-state index is 0.0340. The van der Waals surface area contributed by atoms with Crippen molar-refractivity contribution in [1.82, 2.24) is 10.2 Å². The average molecular weight is 535 g/mol. The van der Waals surface area contributed by atoms with Crippen molar-refractivity contribution >= 4 is 24.0 Å². The number of furan rings is 1. The zero-order chi connectivity index (χ0) is 27.9. The number of hydrogen-bond acceptors (Lipinski definition) is 7. The third-order valence-electron chi connectivity index (χ3n) is 5.73. The number of carbonyl (C=O) groups excluding carboxylic acids is 3. The first kappa shape index (κ1) is 27.2. The molecule has 3 amide bonds. The van der Waals surface area contributed by atoms with Gasteiger partial charge in [-0.2, -0.15) is 0 Å². The van der Waals surface area contributed by atoms with Crippen LogP contribution in [0.3, 0.4) is 0 Å². The van der Waals surface area contributed by atoms with E-state index in [4.69, 9.17) is 13.9 Å². The largest absolute Gasteiger partial charge is 0.490 e. The molecule has 0 radical (unpaired) electrons. The molecule has 0 atom stereocenters. The maximum Gasteiger partial charge on any atom is 0.373 e. The van der Waals surface area contributed by atoms with Gasteiger partial charge in [-0.15, -0.1) is 6.58 Å². The third kappa shape index (κ3) is 6.35. The van der Waals surface area contributed by atoms with Gasteiger partial charge in [-0.3, -0.25) is 9.69 Å². The predicted molar refractivity (Wildman–Crippen MR) is 139 cm³/mol. The number of ether oxygens (including phenoxy) is 3. The second kappa shape index (κ2) is 12.1. The molecule has 1 fully saturated rings. The van der Waals surface area contributed by atoms with Gasteiger partial charge in [0.05, 0.1) is 20.3 Å². The number of rotatable bonds is 11. The lowest BCUT2D eigenvalue weighted by atomic mass is 10.0. The molecule has 1 saturated heterocycles. The maximum atomic E-state index is 13.6. The highest BCUT2D eigenvalue weighted by atomic mass is 19.1. The van der Waals surface area contributed by atoms with E-state index < -0.39 is 17.9 Å². The Kier molecular flexibility index (Phi) is 8.45. The van der Waals surface area contributed by atoms with E-state index in [-0.39, 0.29) is 36.2 Å². The van der Waals surface area contributed by atoms with Crippen LogP contribution >= 0.6 is 0 Å². The van der Waals surface area contributed by atoms with Crippen molar-refractivity contribution in [2.24, 2.45) is 0 Å². The van der Waals surface area contributed by atoms with Crippen LogP contribution in [0.5, 0.6) is 11.5 Å². The highest BCUT2D eigenvalue weighted by Gasteiger charge is 2.34. The van der Waals surface area contributed by atoms with Crippen LogP contribution in [-0.4, -0.2) is 36.5 Å². The molecular weight excluding hydrogens is 507 g/mol. The number of nitrogens with one attached hydrogen (secondary N) is 1. The maximum absolute atomic E-state index is 13.6. The summed E-state index contributed by atoms with van der Waals surface area (Å²) in [6.07, 6.45) is 3.67. The first-order valence-electron chi connectivity index (χ1n) is 12.1. The van der Waals surface area contributed by atoms with E-state index in [1.165, 1.54) is 37.5 Å². The molecule has 0 bridgehead atoms. The smallest absolute Gasteiger partial charge is 0.373 e. The fourth-order valence-electron chi connectivity index (χ4n) is 3.99. The van der Waals surface area contributed by atoms with E-state index in [1.807, 2.05) is 6.92 Å². The van der Waals surface area contributed by atoms with Crippen LogP contribution < -0.4 is 14.8 Å². The van der Waals surface area contributed by atoms with Crippen LogP contribution in [0, 0.1) is 5.82 Å². The fourth-order valence-corrected chi connectivity index (χ4v) is 3.99. The van der Waals surface area contributed by atoms with Crippen molar-refractivity contribution in [3.8, 4) is 11.5 Å². The summed E-state index contributed by atoms with van der Waals surface area (Å²) in [6, 6.07) is 11.9. The van der Waals surface area contributed by atoms with Crippen molar-refractivity contribution in [1.29, 1.82) is 0 Å². The van der Waals surface area contributed by atoms with Crippen molar-refractivity contribution in [2.45, 2.75) is 26.5 Å². The van der Waals surface area contributed by atoms with Gasteiger partial charge in [-0.05, 0) is 66.9 Å². The highest BCUT2D eigenvalue weighted by Crippen LogP contribution is 2.35. The number of benzene rings is 2. The molecule has 0 aliphatic carbocycles. The van der Waals surface area contributed by atoms with Gasteiger partial charge in [-0.1, -0.05) is 18.2 Å². The van der Waals surface area contributed by atoms with E-state index in [1.54, 1.807) is 30.3 Å². The number of allylic oxidation sites excluding steroid dienone is 1. The SMILES string of the molecule is C=CCc1cc(/C=C2\NC(=O)N(Cc3ccc(C(=O)OC)o3)C2=O)cc(OCC)c1OCc1cccc(F)c1. The van der Waals surface area contributed by atoms with E-state index in [2.05, 4.69) is 16.6 Å². The summed E-state index contributed by atoms with van der Waals surface area (Å²) in [6.45, 7) is 5.94. The Morgan fingerprint density at radius 1 is 1.15 bits per heavy atom. The predicted octanol–water partition coefficient (Wildman–Crippen LogP) is 5.00. The van der Waals surface area contributed by atoms with Crippen LogP contribution in [0.25, 0.3) is 6.08 Å². The average Bonchev–Trinajstić information content (AvgIpc) is 3.48. The van der Waals surface area contributed by atoms with Crippen LogP contribution in [0.1, 0.15) is 39.9 Å². The number of amides is 3. The van der Waals surface area contributed by atoms with Crippen LogP contribution in [0.2, 0.25) is 0 Å². The molecule has 0 spiro atoms. The molecule has 39 heavy (non-hydrogen) atoms. The monoisotopic (exact) mass is 534 g/mol. The number of imide groups is 1. The van der Waals surface area contributed by atoms with Gasteiger partial charge >= 0.3 is 12.0 Å². The Balaban J connectivity index is 1.59. The quantitative estimate of drug-likeness (QED) is 0.160. The topological polar surface area (TPSA) is 107 Å². The third-order valence-corrected chi connectivity index (χ3v) is 5.73. The van der Waals surface area contributed by atoms with E-state index in [0.717, 1.165) is 10.5 Å². The Morgan fingerprint density at radius 3 is 2.69 bits per heavy atom. The zero-order valence-electron chi connectivity index (χ0n) is 21.5. The Hall–Kier alpha value is -4.86. The number of urea groups is 1. The first-order valence-corrected chi connectivity index (χ1v) is 12.1. The lowest BCUT2D eigenvalue weighted by Crippen LogP contribution is -2.30. The first-order chi connectivity index (χ1) is 18.8. The molecule has 1 aliphatic heterocycles. The molecule has 1 N–H and O–H groups in total. The zero-order valence-corrected chi connectivity index (χ0v) is 21.5. The number of carbonyl (C=O) groups is 3. The lowest BCUT2D eigenvalue weighted by molar-refractivity contribution is -0.123. The number of nitrogens with zero attached hydrogens (tertiary/aromatic N) is 1.